The molecule has 0 amide bonds. The van der Waals surface area contributed by atoms with Gasteiger partial charge in [0.2, 0.25) is 5.89 Å². The van der Waals surface area contributed by atoms with E-state index in [1.807, 2.05) is 13.8 Å². The molecule has 2 aromatic rings. The van der Waals surface area contributed by atoms with Gasteiger partial charge in [0.25, 0.3) is 0 Å². The molecule has 2 aromatic heterocycles. The zero-order chi connectivity index (χ0) is 13.0. The highest BCUT2D eigenvalue weighted by atomic mass is 16.4. The molecule has 1 atom stereocenters. The van der Waals surface area contributed by atoms with Crippen LogP contribution in [-0.2, 0) is 13.0 Å². The molecule has 1 N–H and O–H groups in total. The van der Waals surface area contributed by atoms with E-state index in [1.54, 1.807) is 18.6 Å². The number of aromatic nitrogens is 3. The van der Waals surface area contributed by atoms with Gasteiger partial charge in [-0.2, -0.15) is 0 Å². The summed E-state index contributed by atoms with van der Waals surface area (Å²) in [7, 11) is 0. The van der Waals surface area contributed by atoms with Crippen LogP contribution in [0.5, 0.6) is 0 Å². The maximum absolute atomic E-state index is 5.54. The topological polar surface area (TPSA) is 63.8 Å². The minimum Gasteiger partial charge on any atom is -0.444 e. The molecule has 1 unspecified atom stereocenters. The molecule has 2 rings (SSSR count). The summed E-state index contributed by atoms with van der Waals surface area (Å²) in [5.74, 6) is 1.62. The van der Waals surface area contributed by atoms with Crippen LogP contribution in [0.15, 0.2) is 23.0 Å². The van der Waals surface area contributed by atoms with Crippen LogP contribution in [0.2, 0.25) is 0 Å². The molecule has 0 aliphatic rings. The molecule has 0 radical (unpaired) electrons. The Kier molecular flexibility index (Phi) is 4.04. The van der Waals surface area contributed by atoms with Crippen LogP contribution >= 0.6 is 0 Å². The zero-order valence-electron chi connectivity index (χ0n) is 11.0. The predicted octanol–water partition coefficient (Wildman–Crippen LogP) is 2.19. The summed E-state index contributed by atoms with van der Waals surface area (Å²) in [6.07, 6.45) is 6.05. The van der Waals surface area contributed by atoms with Gasteiger partial charge in [-0.25, -0.2) is 4.98 Å². The maximum Gasteiger partial charge on any atom is 0.208 e. The lowest BCUT2D eigenvalue weighted by atomic mass is 10.2. The van der Waals surface area contributed by atoms with E-state index in [-0.39, 0.29) is 6.04 Å². The number of hydrogen-bond donors (Lipinski definition) is 1. The molecule has 0 saturated heterocycles. The van der Waals surface area contributed by atoms with Crippen LogP contribution in [0.4, 0.5) is 0 Å². The molecule has 0 bridgehead atoms. The first kappa shape index (κ1) is 12.7. The molecule has 2 heterocycles. The van der Waals surface area contributed by atoms with Crippen molar-refractivity contribution in [3.05, 3.63) is 41.6 Å². The summed E-state index contributed by atoms with van der Waals surface area (Å²) in [6.45, 7) is 6.65. The highest BCUT2D eigenvalue weighted by Gasteiger charge is 2.11. The van der Waals surface area contributed by atoms with Crippen LogP contribution in [0.1, 0.15) is 42.9 Å². The van der Waals surface area contributed by atoms with E-state index in [1.165, 1.54) is 0 Å². The lowest BCUT2D eigenvalue weighted by molar-refractivity contribution is 0.421. The van der Waals surface area contributed by atoms with Gasteiger partial charge in [-0.3, -0.25) is 9.97 Å². The Hall–Kier alpha value is -1.75. The standard InChI is InChI=1S/C13H18N4O/c1-4-11-7-17-12(18-11)8-16-10(3)13-9(2)14-5-6-15-13/h5-7,10,16H,4,8H2,1-3H3. The van der Waals surface area contributed by atoms with E-state index in [2.05, 4.69) is 27.2 Å². The van der Waals surface area contributed by atoms with Crippen molar-refractivity contribution in [2.24, 2.45) is 0 Å². The number of hydrogen-bond acceptors (Lipinski definition) is 5. The van der Waals surface area contributed by atoms with Crippen molar-refractivity contribution in [1.82, 2.24) is 20.3 Å². The average molecular weight is 246 g/mol. The fraction of sp³-hybridized carbons (Fsp3) is 0.462. The third-order valence-corrected chi connectivity index (χ3v) is 2.84. The minimum absolute atomic E-state index is 0.121. The Bertz CT molecular complexity index is 509. The summed E-state index contributed by atoms with van der Waals surface area (Å²) in [4.78, 5) is 12.8. The molecule has 0 saturated carbocycles. The van der Waals surface area contributed by atoms with Crippen molar-refractivity contribution in [2.75, 3.05) is 0 Å². The quantitative estimate of drug-likeness (QED) is 0.876. The molecule has 0 fully saturated rings. The van der Waals surface area contributed by atoms with Crippen molar-refractivity contribution < 1.29 is 4.42 Å². The van der Waals surface area contributed by atoms with Gasteiger partial charge < -0.3 is 9.73 Å². The van der Waals surface area contributed by atoms with Crippen LogP contribution in [-0.4, -0.2) is 15.0 Å². The number of rotatable bonds is 5. The largest absolute Gasteiger partial charge is 0.444 e. The van der Waals surface area contributed by atoms with Gasteiger partial charge >= 0.3 is 0 Å². The van der Waals surface area contributed by atoms with E-state index in [9.17, 15) is 0 Å². The van der Waals surface area contributed by atoms with Gasteiger partial charge in [0.05, 0.1) is 24.1 Å². The van der Waals surface area contributed by atoms with Crippen molar-refractivity contribution in [2.45, 2.75) is 39.8 Å². The third-order valence-electron chi connectivity index (χ3n) is 2.84. The second-order valence-electron chi connectivity index (χ2n) is 4.20. The molecule has 18 heavy (non-hydrogen) atoms. The van der Waals surface area contributed by atoms with Crippen molar-refractivity contribution >= 4 is 0 Å². The maximum atomic E-state index is 5.54. The first-order valence-electron chi connectivity index (χ1n) is 6.15. The van der Waals surface area contributed by atoms with Crippen LogP contribution in [0.3, 0.4) is 0 Å². The van der Waals surface area contributed by atoms with Crippen molar-refractivity contribution in [1.29, 1.82) is 0 Å². The lowest BCUT2D eigenvalue weighted by Gasteiger charge is -2.13. The van der Waals surface area contributed by atoms with Crippen molar-refractivity contribution in [3.63, 3.8) is 0 Å². The Morgan fingerprint density at radius 1 is 1.28 bits per heavy atom. The molecule has 0 aliphatic carbocycles. The van der Waals surface area contributed by atoms with Gasteiger partial charge in [-0.1, -0.05) is 6.92 Å². The smallest absolute Gasteiger partial charge is 0.208 e. The van der Waals surface area contributed by atoms with Crippen molar-refractivity contribution in [3.8, 4) is 0 Å². The van der Waals surface area contributed by atoms with E-state index >= 15 is 0 Å². The Morgan fingerprint density at radius 3 is 2.72 bits per heavy atom. The minimum atomic E-state index is 0.121. The zero-order valence-corrected chi connectivity index (χ0v) is 11.0. The van der Waals surface area contributed by atoms with Crippen LogP contribution in [0.25, 0.3) is 0 Å². The molecule has 0 spiro atoms. The first-order valence-corrected chi connectivity index (χ1v) is 6.15. The molecular formula is C13H18N4O. The van der Waals surface area contributed by atoms with E-state index < -0.39 is 0 Å². The monoisotopic (exact) mass is 246 g/mol. The molecule has 96 valence electrons. The summed E-state index contributed by atoms with van der Waals surface area (Å²) in [5, 5.41) is 3.33. The van der Waals surface area contributed by atoms with Gasteiger partial charge in [-0.05, 0) is 13.8 Å². The summed E-state index contributed by atoms with van der Waals surface area (Å²) < 4.78 is 5.54. The van der Waals surface area contributed by atoms with Gasteiger partial charge in [0.15, 0.2) is 0 Å². The average Bonchev–Trinajstić information content (AvgIpc) is 2.84. The second kappa shape index (κ2) is 5.73. The van der Waals surface area contributed by atoms with E-state index in [0.29, 0.717) is 12.4 Å². The van der Waals surface area contributed by atoms with E-state index in [4.69, 9.17) is 4.42 Å². The number of nitrogens with one attached hydrogen (secondary N) is 1. The number of aryl methyl sites for hydroxylation is 2. The number of nitrogens with zero attached hydrogens (tertiary/aromatic N) is 3. The summed E-state index contributed by atoms with van der Waals surface area (Å²) >= 11 is 0. The predicted molar refractivity (Wildman–Crippen MR) is 67.9 cm³/mol. The van der Waals surface area contributed by atoms with Gasteiger partial charge in [0.1, 0.15) is 5.76 Å². The molecule has 0 aliphatic heterocycles. The fourth-order valence-corrected chi connectivity index (χ4v) is 1.77. The highest BCUT2D eigenvalue weighted by molar-refractivity contribution is 5.12. The molecule has 5 heteroatoms. The molecule has 5 nitrogen and oxygen atoms in total. The van der Waals surface area contributed by atoms with E-state index in [0.717, 1.165) is 23.6 Å². The Balaban J connectivity index is 1.96. The SMILES string of the molecule is CCc1cnc(CNC(C)c2nccnc2C)o1. The van der Waals surface area contributed by atoms with Crippen LogP contribution < -0.4 is 5.32 Å². The first-order chi connectivity index (χ1) is 8.70. The van der Waals surface area contributed by atoms with Gasteiger partial charge in [-0.15, -0.1) is 0 Å². The molecule has 0 aromatic carbocycles. The number of oxazole rings is 1. The normalized spacial score (nSPS) is 12.6. The Morgan fingerprint density at radius 2 is 2.06 bits per heavy atom. The lowest BCUT2D eigenvalue weighted by Crippen LogP contribution is -2.20. The van der Waals surface area contributed by atoms with Crippen LogP contribution in [0, 0.1) is 6.92 Å². The summed E-state index contributed by atoms with van der Waals surface area (Å²) in [6, 6.07) is 0.121. The third kappa shape index (κ3) is 2.92. The fourth-order valence-electron chi connectivity index (χ4n) is 1.77. The molecular weight excluding hydrogens is 228 g/mol. The highest BCUT2D eigenvalue weighted by Crippen LogP contribution is 2.12. The van der Waals surface area contributed by atoms with Gasteiger partial charge in [0, 0.05) is 24.9 Å². The summed E-state index contributed by atoms with van der Waals surface area (Å²) in [5.41, 5.74) is 1.90. The second-order valence-corrected chi connectivity index (χ2v) is 4.20. The Labute approximate surface area is 107 Å².